The van der Waals surface area contributed by atoms with Gasteiger partial charge in [-0.25, -0.2) is 0 Å². The molecule has 1 aliphatic heterocycles. The number of allylic oxidation sites excluding steroid dienone is 1. The smallest absolute Gasteiger partial charge is 0.330 e. The fourth-order valence-corrected chi connectivity index (χ4v) is 2.83. The van der Waals surface area contributed by atoms with Crippen LogP contribution < -0.4 is 0 Å². The van der Waals surface area contributed by atoms with E-state index in [1.54, 1.807) is 48.5 Å². The van der Waals surface area contributed by atoms with Gasteiger partial charge >= 0.3 is 5.97 Å². The molecule has 1 heterocycles. The first kappa shape index (κ1) is 16.8. The molecular weight excluding hydrogens is 440 g/mol. The summed E-state index contributed by atoms with van der Waals surface area (Å²) in [5.74, 6) is -3.29. The molecule has 120 valence electrons. The van der Waals surface area contributed by atoms with Crippen LogP contribution in [-0.2, 0) is 14.3 Å². The summed E-state index contributed by atoms with van der Waals surface area (Å²) >= 11 is 6.58. The maximum Gasteiger partial charge on any atom is 0.330 e. The summed E-state index contributed by atoms with van der Waals surface area (Å²) < 4.78 is 6.88. The predicted octanol–water partition coefficient (Wildman–Crippen LogP) is 4.18. The third kappa shape index (κ3) is 3.39. The average Bonchev–Trinajstić information content (AvgIpc) is 2.55. The van der Waals surface area contributed by atoms with Crippen LogP contribution >= 0.6 is 31.9 Å². The van der Waals surface area contributed by atoms with Crippen LogP contribution in [0.3, 0.4) is 0 Å². The first-order chi connectivity index (χ1) is 11.5. The number of halogens is 2. The Morgan fingerprint density at radius 1 is 0.875 bits per heavy atom. The molecule has 0 radical (unpaired) electrons. The van der Waals surface area contributed by atoms with E-state index < -0.39 is 23.5 Å². The second-order valence-electron chi connectivity index (χ2n) is 5.14. The number of carbonyl (C=O) groups is 3. The van der Waals surface area contributed by atoms with Gasteiger partial charge in [-0.05, 0) is 24.3 Å². The summed E-state index contributed by atoms with van der Waals surface area (Å²) in [5.41, 5.74) is 0.878. The summed E-state index contributed by atoms with van der Waals surface area (Å²) in [5, 5.41) is 0. The van der Waals surface area contributed by atoms with Gasteiger partial charge in [-0.15, -0.1) is 0 Å². The van der Waals surface area contributed by atoms with Crippen molar-refractivity contribution in [1.82, 2.24) is 0 Å². The molecule has 0 bridgehead atoms. The fraction of sp³-hybridized carbons (Fsp3) is 0.0556. The molecule has 0 amide bonds. The maximum absolute atomic E-state index is 12.4. The van der Waals surface area contributed by atoms with E-state index in [0.717, 1.165) is 8.95 Å². The van der Waals surface area contributed by atoms with Crippen LogP contribution in [-0.4, -0.2) is 17.5 Å². The lowest BCUT2D eigenvalue weighted by Gasteiger charge is -2.19. The average molecular weight is 450 g/mol. The quantitative estimate of drug-likeness (QED) is 0.400. The Morgan fingerprint density at radius 3 is 1.96 bits per heavy atom. The Morgan fingerprint density at radius 2 is 1.42 bits per heavy atom. The number of benzene rings is 2. The zero-order chi connectivity index (χ0) is 17.3. The highest BCUT2D eigenvalue weighted by Crippen LogP contribution is 2.27. The Balaban J connectivity index is 1.89. The number of esters is 1. The molecule has 2 aromatic rings. The third-order valence-corrected chi connectivity index (χ3v) is 4.58. The summed E-state index contributed by atoms with van der Waals surface area (Å²) in [7, 11) is 0. The molecule has 0 aromatic heterocycles. The number of hydrogen-bond donors (Lipinski definition) is 0. The lowest BCUT2D eigenvalue weighted by molar-refractivity contribution is -0.143. The van der Waals surface area contributed by atoms with Crippen LogP contribution in [0.15, 0.2) is 63.6 Å². The number of Topliss-reactive ketones (excluding diaryl/α,β-unsaturated/α-hetero) is 1. The molecule has 1 aliphatic rings. The summed E-state index contributed by atoms with van der Waals surface area (Å²) in [6.45, 7) is 0. The Labute approximate surface area is 154 Å². The molecular formula is C18H10Br2O4. The molecule has 0 spiro atoms. The zero-order valence-corrected chi connectivity index (χ0v) is 15.3. The molecule has 0 N–H and O–H groups in total. The highest BCUT2D eigenvalue weighted by Gasteiger charge is 2.39. The minimum atomic E-state index is -1.45. The normalized spacial score (nSPS) is 17.2. The first-order valence-electron chi connectivity index (χ1n) is 6.98. The fourth-order valence-electron chi connectivity index (χ4n) is 2.30. The van der Waals surface area contributed by atoms with Gasteiger partial charge in [0, 0.05) is 26.1 Å². The van der Waals surface area contributed by atoms with Crippen molar-refractivity contribution in [3.8, 4) is 0 Å². The third-order valence-electron chi connectivity index (χ3n) is 3.52. The number of ether oxygens (including phenoxy) is 1. The van der Waals surface area contributed by atoms with Gasteiger partial charge in [0.2, 0.25) is 0 Å². The van der Waals surface area contributed by atoms with Crippen molar-refractivity contribution in [2.75, 3.05) is 0 Å². The van der Waals surface area contributed by atoms with Crippen molar-refractivity contribution < 1.29 is 19.1 Å². The van der Waals surface area contributed by atoms with Crippen LogP contribution in [0.5, 0.6) is 0 Å². The van der Waals surface area contributed by atoms with Gasteiger partial charge < -0.3 is 4.74 Å². The highest BCUT2D eigenvalue weighted by molar-refractivity contribution is 9.10. The summed E-state index contributed by atoms with van der Waals surface area (Å²) in [6, 6.07) is 13.4. The van der Waals surface area contributed by atoms with Crippen LogP contribution in [0, 0.1) is 5.92 Å². The predicted molar refractivity (Wildman–Crippen MR) is 95.2 cm³/mol. The van der Waals surface area contributed by atoms with Crippen LogP contribution in [0.4, 0.5) is 0 Å². The maximum atomic E-state index is 12.4. The van der Waals surface area contributed by atoms with Gasteiger partial charge in [0.15, 0.2) is 17.5 Å². The molecule has 6 heteroatoms. The Hall–Kier alpha value is -2.05. The van der Waals surface area contributed by atoms with Crippen LogP contribution in [0.1, 0.15) is 15.9 Å². The number of hydrogen-bond acceptors (Lipinski definition) is 4. The van der Waals surface area contributed by atoms with E-state index in [4.69, 9.17) is 4.74 Å². The first-order valence-corrected chi connectivity index (χ1v) is 8.57. The number of cyclic esters (lactones) is 1. The Kier molecular flexibility index (Phi) is 4.78. The second kappa shape index (κ2) is 6.83. The van der Waals surface area contributed by atoms with Gasteiger partial charge in [0.05, 0.1) is 0 Å². The highest BCUT2D eigenvalue weighted by atomic mass is 79.9. The molecule has 0 aliphatic carbocycles. The van der Waals surface area contributed by atoms with Crippen molar-refractivity contribution in [3.05, 3.63) is 74.7 Å². The molecule has 0 saturated heterocycles. The number of carbonyl (C=O) groups excluding carboxylic acids is 3. The van der Waals surface area contributed by atoms with Gasteiger partial charge in [-0.1, -0.05) is 56.1 Å². The van der Waals surface area contributed by atoms with Gasteiger partial charge in [0.25, 0.3) is 0 Å². The van der Waals surface area contributed by atoms with E-state index in [2.05, 4.69) is 31.9 Å². The van der Waals surface area contributed by atoms with Crippen LogP contribution in [0.25, 0.3) is 5.76 Å². The number of rotatable bonds is 3. The van der Waals surface area contributed by atoms with E-state index >= 15 is 0 Å². The molecule has 1 unspecified atom stereocenters. The molecule has 2 aromatic carbocycles. The minimum absolute atomic E-state index is 0.150. The van der Waals surface area contributed by atoms with E-state index in [0.29, 0.717) is 5.56 Å². The molecule has 4 nitrogen and oxygen atoms in total. The van der Waals surface area contributed by atoms with E-state index in [-0.39, 0.29) is 11.3 Å². The molecule has 3 rings (SSSR count). The molecule has 0 saturated carbocycles. The van der Waals surface area contributed by atoms with E-state index in [1.165, 1.54) is 6.08 Å². The van der Waals surface area contributed by atoms with Crippen molar-refractivity contribution in [3.63, 3.8) is 0 Å². The van der Waals surface area contributed by atoms with E-state index in [9.17, 15) is 14.4 Å². The lowest BCUT2D eigenvalue weighted by atomic mass is 9.91. The number of ketones is 2. The van der Waals surface area contributed by atoms with Crippen molar-refractivity contribution in [1.29, 1.82) is 0 Å². The Bertz CT molecular complexity index is 852. The second-order valence-corrected chi connectivity index (χ2v) is 6.97. The monoisotopic (exact) mass is 448 g/mol. The van der Waals surface area contributed by atoms with Crippen molar-refractivity contribution >= 4 is 55.2 Å². The van der Waals surface area contributed by atoms with Gasteiger partial charge in [-0.3, -0.25) is 14.4 Å². The molecule has 24 heavy (non-hydrogen) atoms. The standard InChI is InChI=1S/C18H10Br2O4/c19-12-5-1-10(2-6-12)15-9-14(21)16(18(23)24-15)17(22)11-3-7-13(20)8-4-11/h1-9,16H. The lowest BCUT2D eigenvalue weighted by Crippen LogP contribution is -2.35. The van der Waals surface area contributed by atoms with Gasteiger partial charge in [-0.2, -0.15) is 0 Å². The molecule has 0 fully saturated rings. The van der Waals surface area contributed by atoms with Crippen molar-refractivity contribution in [2.45, 2.75) is 0 Å². The summed E-state index contributed by atoms with van der Waals surface area (Å²) in [6.07, 6.45) is 1.20. The largest absolute Gasteiger partial charge is 0.425 e. The zero-order valence-electron chi connectivity index (χ0n) is 12.2. The van der Waals surface area contributed by atoms with Gasteiger partial charge in [0.1, 0.15) is 5.76 Å². The molecule has 1 atom stereocenters. The van der Waals surface area contributed by atoms with Crippen LogP contribution in [0.2, 0.25) is 0 Å². The van der Waals surface area contributed by atoms with Crippen molar-refractivity contribution in [2.24, 2.45) is 5.92 Å². The topological polar surface area (TPSA) is 60.4 Å². The SMILES string of the molecule is O=C1C=C(c2ccc(Br)cc2)OC(=O)C1C(=O)c1ccc(Br)cc1. The van der Waals surface area contributed by atoms with E-state index in [1.807, 2.05) is 0 Å². The summed E-state index contributed by atoms with van der Waals surface area (Å²) in [4.78, 5) is 37.0. The minimum Gasteiger partial charge on any atom is -0.425 e.